The first kappa shape index (κ1) is 12.2. The number of nitriles is 1. The van der Waals surface area contributed by atoms with Gasteiger partial charge in [0, 0.05) is 17.5 Å². The average molecular weight is 217 g/mol. The van der Waals surface area contributed by atoms with E-state index in [2.05, 4.69) is 16.4 Å². The fraction of sp³-hybridized carbons (Fsp3) is 0.417. The summed E-state index contributed by atoms with van der Waals surface area (Å²) in [7, 11) is 0. The van der Waals surface area contributed by atoms with Gasteiger partial charge in [0.05, 0.1) is 6.07 Å². The van der Waals surface area contributed by atoms with E-state index in [4.69, 9.17) is 5.26 Å². The van der Waals surface area contributed by atoms with Crippen LogP contribution in [0.2, 0.25) is 0 Å². The minimum atomic E-state index is -0.811. The van der Waals surface area contributed by atoms with E-state index in [1.54, 1.807) is 25.3 Å². The Labute approximate surface area is 95.3 Å². The number of pyridine rings is 1. The van der Waals surface area contributed by atoms with Gasteiger partial charge in [-0.25, -0.2) is 0 Å². The average Bonchev–Trinajstić information content (AvgIpc) is 2.29. The molecule has 1 atom stereocenters. The Balaban J connectivity index is 2.85. The Morgan fingerprint density at radius 1 is 1.69 bits per heavy atom. The lowest BCUT2D eigenvalue weighted by molar-refractivity contribution is 0.0923. The van der Waals surface area contributed by atoms with Crippen LogP contribution in [0.1, 0.15) is 36.3 Å². The van der Waals surface area contributed by atoms with E-state index in [0.717, 1.165) is 5.69 Å². The topological polar surface area (TPSA) is 65.8 Å². The number of aryl methyl sites for hydroxylation is 1. The summed E-state index contributed by atoms with van der Waals surface area (Å²) >= 11 is 0. The molecule has 0 bridgehead atoms. The lowest BCUT2D eigenvalue weighted by Gasteiger charge is -2.21. The number of carbonyl (C=O) groups is 1. The van der Waals surface area contributed by atoms with Crippen molar-refractivity contribution < 1.29 is 4.79 Å². The molecule has 84 valence electrons. The Morgan fingerprint density at radius 3 is 2.88 bits per heavy atom. The molecule has 1 heterocycles. The second-order valence-corrected chi connectivity index (χ2v) is 3.94. The number of aromatic nitrogens is 1. The van der Waals surface area contributed by atoms with Gasteiger partial charge < -0.3 is 5.32 Å². The van der Waals surface area contributed by atoms with Crippen LogP contribution in [0.5, 0.6) is 0 Å². The number of hydrogen-bond acceptors (Lipinski definition) is 3. The van der Waals surface area contributed by atoms with E-state index in [1.807, 2.05) is 13.8 Å². The van der Waals surface area contributed by atoms with Crippen molar-refractivity contribution in [1.82, 2.24) is 10.3 Å². The predicted octanol–water partition coefficient (Wildman–Crippen LogP) is 1.81. The molecule has 1 rings (SSSR count). The van der Waals surface area contributed by atoms with E-state index in [9.17, 15) is 4.79 Å². The molecule has 0 saturated heterocycles. The number of rotatable bonds is 3. The molecule has 4 heteroatoms. The van der Waals surface area contributed by atoms with E-state index in [-0.39, 0.29) is 5.91 Å². The van der Waals surface area contributed by atoms with Gasteiger partial charge in [-0.3, -0.25) is 9.78 Å². The molecule has 0 saturated carbocycles. The van der Waals surface area contributed by atoms with E-state index in [1.165, 1.54) is 0 Å². The van der Waals surface area contributed by atoms with Crippen LogP contribution in [0.3, 0.4) is 0 Å². The van der Waals surface area contributed by atoms with Gasteiger partial charge in [0.1, 0.15) is 5.54 Å². The highest BCUT2D eigenvalue weighted by Crippen LogP contribution is 2.09. The number of hydrogen-bond donors (Lipinski definition) is 1. The van der Waals surface area contributed by atoms with Gasteiger partial charge in [0.2, 0.25) is 0 Å². The first-order valence-corrected chi connectivity index (χ1v) is 5.17. The summed E-state index contributed by atoms with van der Waals surface area (Å²) in [5.41, 5.74) is 0.499. The van der Waals surface area contributed by atoms with Crippen LogP contribution in [0.4, 0.5) is 0 Å². The normalized spacial score (nSPS) is 13.6. The van der Waals surface area contributed by atoms with Gasteiger partial charge in [0.25, 0.3) is 5.91 Å². The summed E-state index contributed by atoms with van der Waals surface area (Å²) in [5, 5.41) is 11.7. The molecule has 0 aliphatic carbocycles. The zero-order chi connectivity index (χ0) is 12.2. The smallest absolute Gasteiger partial charge is 0.252 e. The van der Waals surface area contributed by atoms with Crippen LogP contribution < -0.4 is 5.32 Å². The van der Waals surface area contributed by atoms with E-state index < -0.39 is 5.54 Å². The zero-order valence-corrected chi connectivity index (χ0v) is 9.74. The minimum Gasteiger partial charge on any atom is -0.334 e. The predicted molar refractivity (Wildman–Crippen MR) is 60.7 cm³/mol. The van der Waals surface area contributed by atoms with Crippen LogP contribution in [0.15, 0.2) is 18.3 Å². The van der Waals surface area contributed by atoms with Crippen molar-refractivity contribution >= 4 is 5.91 Å². The van der Waals surface area contributed by atoms with Crippen molar-refractivity contribution in [3.05, 3.63) is 29.6 Å². The van der Waals surface area contributed by atoms with Crippen molar-refractivity contribution in [2.45, 2.75) is 32.7 Å². The van der Waals surface area contributed by atoms with Gasteiger partial charge in [-0.15, -0.1) is 0 Å². The summed E-state index contributed by atoms with van der Waals surface area (Å²) in [6.45, 7) is 5.39. The maximum atomic E-state index is 11.8. The second-order valence-electron chi connectivity index (χ2n) is 3.94. The first-order chi connectivity index (χ1) is 7.50. The number of carbonyl (C=O) groups excluding carboxylic acids is 1. The number of nitrogens with zero attached hydrogens (tertiary/aromatic N) is 2. The first-order valence-electron chi connectivity index (χ1n) is 5.17. The zero-order valence-electron chi connectivity index (χ0n) is 9.74. The quantitative estimate of drug-likeness (QED) is 0.839. The highest BCUT2D eigenvalue weighted by molar-refractivity contribution is 5.94. The van der Waals surface area contributed by atoms with Crippen molar-refractivity contribution in [3.63, 3.8) is 0 Å². The molecule has 1 aromatic heterocycles. The standard InChI is InChI=1S/C12H15N3O/c1-4-12(3,8-13)15-11(16)10-5-6-14-9(2)7-10/h5-7H,4H2,1-3H3,(H,15,16). The molecule has 0 aromatic carbocycles. The van der Waals surface area contributed by atoms with E-state index >= 15 is 0 Å². The third-order valence-corrected chi connectivity index (χ3v) is 2.50. The number of amides is 1. The summed E-state index contributed by atoms with van der Waals surface area (Å²) in [6.07, 6.45) is 2.15. The maximum Gasteiger partial charge on any atom is 0.252 e. The van der Waals surface area contributed by atoms with Gasteiger partial charge in [-0.2, -0.15) is 5.26 Å². The molecule has 1 N–H and O–H groups in total. The molecule has 1 unspecified atom stereocenters. The van der Waals surface area contributed by atoms with Gasteiger partial charge >= 0.3 is 0 Å². The van der Waals surface area contributed by atoms with Gasteiger partial charge in [-0.05, 0) is 32.4 Å². The fourth-order valence-electron chi connectivity index (χ4n) is 1.20. The Morgan fingerprint density at radius 2 is 2.38 bits per heavy atom. The van der Waals surface area contributed by atoms with Crippen LogP contribution in [-0.4, -0.2) is 16.4 Å². The molecule has 1 aromatic rings. The molecule has 0 spiro atoms. The lowest BCUT2D eigenvalue weighted by atomic mass is 10.0. The van der Waals surface area contributed by atoms with Crippen LogP contribution in [-0.2, 0) is 0 Å². The van der Waals surface area contributed by atoms with Crippen LogP contribution in [0.25, 0.3) is 0 Å². The summed E-state index contributed by atoms with van der Waals surface area (Å²) < 4.78 is 0. The van der Waals surface area contributed by atoms with Crippen LogP contribution >= 0.6 is 0 Å². The molecule has 1 amide bonds. The fourth-order valence-corrected chi connectivity index (χ4v) is 1.20. The molecule has 16 heavy (non-hydrogen) atoms. The lowest BCUT2D eigenvalue weighted by Crippen LogP contribution is -2.44. The monoisotopic (exact) mass is 217 g/mol. The van der Waals surface area contributed by atoms with E-state index in [0.29, 0.717) is 12.0 Å². The van der Waals surface area contributed by atoms with Crippen molar-refractivity contribution in [2.24, 2.45) is 0 Å². The molecule has 0 aliphatic rings. The highest BCUT2D eigenvalue weighted by Gasteiger charge is 2.24. The molecular weight excluding hydrogens is 202 g/mol. The Bertz CT molecular complexity index is 436. The summed E-state index contributed by atoms with van der Waals surface area (Å²) in [6, 6.07) is 5.43. The maximum absolute atomic E-state index is 11.8. The van der Waals surface area contributed by atoms with Gasteiger partial charge in [0.15, 0.2) is 0 Å². The second kappa shape index (κ2) is 4.75. The minimum absolute atomic E-state index is 0.239. The highest BCUT2D eigenvalue weighted by atomic mass is 16.1. The summed E-state index contributed by atoms with van der Waals surface area (Å²) in [5.74, 6) is -0.239. The molecular formula is C12H15N3O. The third kappa shape index (κ3) is 2.80. The van der Waals surface area contributed by atoms with Gasteiger partial charge in [-0.1, -0.05) is 6.92 Å². The summed E-state index contributed by atoms with van der Waals surface area (Å²) in [4.78, 5) is 15.9. The number of nitrogens with one attached hydrogen (secondary N) is 1. The van der Waals surface area contributed by atoms with Crippen LogP contribution in [0, 0.1) is 18.3 Å². The van der Waals surface area contributed by atoms with Crippen molar-refractivity contribution in [1.29, 1.82) is 5.26 Å². The third-order valence-electron chi connectivity index (χ3n) is 2.50. The molecule has 4 nitrogen and oxygen atoms in total. The van der Waals surface area contributed by atoms with Crippen molar-refractivity contribution in [3.8, 4) is 6.07 Å². The molecule has 0 radical (unpaired) electrons. The Kier molecular flexibility index (Phi) is 3.62. The SMILES string of the molecule is CCC(C)(C#N)NC(=O)c1ccnc(C)c1. The Hall–Kier alpha value is -1.89. The largest absolute Gasteiger partial charge is 0.334 e. The molecule has 0 fully saturated rings. The van der Waals surface area contributed by atoms with Crippen molar-refractivity contribution in [2.75, 3.05) is 0 Å². The molecule has 0 aliphatic heterocycles.